The van der Waals surface area contributed by atoms with Crippen molar-refractivity contribution in [1.82, 2.24) is 9.97 Å². The fourth-order valence-electron chi connectivity index (χ4n) is 1.11. The van der Waals surface area contributed by atoms with Crippen LogP contribution in [0.4, 0.5) is 0 Å². The summed E-state index contributed by atoms with van der Waals surface area (Å²) >= 11 is 1.91. The maximum atomic E-state index is 4.28. The first kappa shape index (κ1) is 10.5. The third-order valence-electron chi connectivity index (χ3n) is 1.53. The van der Waals surface area contributed by atoms with E-state index in [1.807, 2.05) is 18.0 Å². The van der Waals surface area contributed by atoms with Gasteiger partial charge in [0.2, 0.25) is 0 Å². The van der Waals surface area contributed by atoms with E-state index < -0.39 is 0 Å². The van der Waals surface area contributed by atoms with Gasteiger partial charge < -0.3 is 0 Å². The molecule has 1 aromatic heterocycles. The van der Waals surface area contributed by atoms with Gasteiger partial charge in [-0.3, -0.25) is 9.97 Å². The predicted octanol–water partition coefficient (Wildman–Crippen LogP) is 3.07. The zero-order chi connectivity index (χ0) is 9.90. The Morgan fingerprint density at radius 3 is 2.46 bits per heavy atom. The lowest BCUT2D eigenvalue weighted by molar-refractivity contribution is 0.790. The first-order valence-corrected chi connectivity index (χ1v) is 5.31. The summed E-state index contributed by atoms with van der Waals surface area (Å²) in [6.45, 7) is 8.81. The van der Waals surface area contributed by atoms with E-state index in [9.17, 15) is 0 Å². The molecule has 0 saturated heterocycles. The molecule has 1 aromatic rings. The molecule has 0 saturated carbocycles. The Hall–Kier alpha value is -0.570. The zero-order valence-electron chi connectivity index (χ0n) is 8.61. The van der Waals surface area contributed by atoms with Crippen LogP contribution in [-0.4, -0.2) is 14.7 Å². The van der Waals surface area contributed by atoms with Crippen molar-refractivity contribution in [2.45, 2.75) is 37.7 Å². The molecule has 1 atom stereocenters. The van der Waals surface area contributed by atoms with Crippen molar-refractivity contribution in [3.05, 3.63) is 24.3 Å². The predicted molar refractivity (Wildman–Crippen MR) is 57.8 cm³/mol. The Morgan fingerprint density at radius 1 is 1.31 bits per heavy atom. The number of nitrogens with zero attached hydrogens (tertiary/aromatic N) is 2. The molecule has 13 heavy (non-hydrogen) atoms. The van der Waals surface area contributed by atoms with Crippen LogP contribution in [-0.2, 0) is 0 Å². The quantitative estimate of drug-likeness (QED) is 0.727. The molecule has 1 rings (SSSR count). The number of rotatable bonds is 2. The lowest BCUT2D eigenvalue weighted by Gasteiger charge is -2.22. The molecule has 0 aliphatic carbocycles. The molecule has 1 unspecified atom stereocenters. The smallest absolute Gasteiger partial charge is 0.0713 e. The van der Waals surface area contributed by atoms with Crippen LogP contribution in [0.5, 0.6) is 0 Å². The molecule has 0 spiro atoms. The molecule has 0 N–H and O–H groups in total. The lowest BCUT2D eigenvalue weighted by atomic mass is 10.3. The van der Waals surface area contributed by atoms with Crippen molar-refractivity contribution in [2.75, 3.05) is 0 Å². The fourth-order valence-corrected chi connectivity index (χ4v) is 2.41. The monoisotopic (exact) mass is 196 g/mol. The largest absolute Gasteiger partial charge is 0.261 e. The molecule has 0 aliphatic heterocycles. The van der Waals surface area contributed by atoms with E-state index in [-0.39, 0.29) is 4.75 Å². The van der Waals surface area contributed by atoms with E-state index in [0.717, 1.165) is 5.69 Å². The van der Waals surface area contributed by atoms with Gasteiger partial charge in [0.15, 0.2) is 0 Å². The van der Waals surface area contributed by atoms with Crippen molar-refractivity contribution in [3.63, 3.8) is 0 Å². The van der Waals surface area contributed by atoms with Gasteiger partial charge in [-0.25, -0.2) is 0 Å². The highest BCUT2D eigenvalue weighted by atomic mass is 32.2. The van der Waals surface area contributed by atoms with Gasteiger partial charge in [-0.1, -0.05) is 20.8 Å². The van der Waals surface area contributed by atoms with Crippen molar-refractivity contribution in [1.29, 1.82) is 0 Å². The molecule has 0 aliphatic rings. The Morgan fingerprint density at radius 2 is 2.00 bits per heavy atom. The van der Waals surface area contributed by atoms with Gasteiger partial charge in [-0.2, -0.15) is 0 Å². The summed E-state index contributed by atoms with van der Waals surface area (Å²) in [5.74, 6) is 0. The van der Waals surface area contributed by atoms with Gasteiger partial charge in [0.05, 0.1) is 5.69 Å². The van der Waals surface area contributed by atoms with Crippen LogP contribution in [0.3, 0.4) is 0 Å². The second-order valence-corrected chi connectivity index (χ2v) is 6.17. The van der Waals surface area contributed by atoms with Crippen LogP contribution < -0.4 is 0 Å². The third kappa shape index (κ3) is 3.77. The Balaban J connectivity index is 2.64. The third-order valence-corrected chi connectivity index (χ3v) is 2.83. The van der Waals surface area contributed by atoms with Crippen LogP contribution in [0, 0.1) is 0 Å². The van der Waals surface area contributed by atoms with Gasteiger partial charge >= 0.3 is 0 Å². The summed E-state index contributed by atoms with van der Waals surface area (Å²) in [7, 11) is 0. The van der Waals surface area contributed by atoms with Crippen molar-refractivity contribution in [3.8, 4) is 0 Å². The number of hydrogen-bond acceptors (Lipinski definition) is 3. The van der Waals surface area contributed by atoms with Gasteiger partial charge in [0, 0.05) is 28.6 Å². The van der Waals surface area contributed by atoms with E-state index in [0.29, 0.717) is 5.25 Å². The van der Waals surface area contributed by atoms with Gasteiger partial charge in [0.25, 0.3) is 0 Å². The first-order valence-electron chi connectivity index (χ1n) is 4.43. The summed E-state index contributed by atoms with van der Waals surface area (Å²) in [4.78, 5) is 8.34. The SMILES string of the molecule is CC(SC(C)(C)C)c1cnccn1. The van der Waals surface area contributed by atoms with E-state index in [1.54, 1.807) is 12.4 Å². The minimum atomic E-state index is 0.275. The molecular formula is C10H16N2S. The van der Waals surface area contributed by atoms with E-state index in [1.165, 1.54) is 0 Å². The summed E-state index contributed by atoms with van der Waals surface area (Å²) in [6.07, 6.45) is 5.29. The van der Waals surface area contributed by atoms with E-state index in [2.05, 4.69) is 37.7 Å². The molecule has 2 nitrogen and oxygen atoms in total. The van der Waals surface area contributed by atoms with Crippen LogP contribution in [0.2, 0.25) is 0 Å². The first-order chi connectivity index (χ1) is 5.99. The Kier molecular flexibility index (Phi) is 3.31. The van der Waals surface area contributed by atoms with Gasteiger partial charge in [-0.05, 0) is 6.92 Å². The minimum Gasteiger partial charge on any atom is -0.261 e. The topological polar surface area (TPSA) is 25.8 Å². The highest BCUT2D eigenvalue weighted by Gasteiger charge is 2.17. The summed E-state index contributed by atoms with van der Waals surface area (Å²) in [6, 6.07) is 0. The normalized spacial score (nSPS) is 14.2. The fraction of sp³-hybridized carbons (Fsp3) is 0.600. The van der Waals surface area contributed by atoms with Crippen molar-refractivity contribution >= 4 is 11.8 Å². The molecule has 0 bridgehead atoms. The van der Waals surface area contributed by atoms with Crippen LogP contribution in [0.25, 0.3) is 0 Å². The number of aromatic nitrogens is 2. The van der Waals surface area contributed by atoms with E-state index >= 15 is 0 Å². The molecule has 72 valence electrons. The second kappa shape index (κ2) is 4.09. The second-order valence-electron chi connectivity index (χ2n) is 4.00. The van der Waals surface area contributed by atoms with Gasteiger partial charge in [0.1, 0.15) is 0 Å². The molecule has 3 heteroatoms. The average molecular weight is 196 g/mol. The van der Waals surface area contributed by atoms with Crippen LogP contribution in [0.1, 0.15) is 38.6 Å². The molecule has 0 aromatic carbocycles. The summed E-state index contributed by atoms with van der Waals surface area (Å²) in [5.41, 5.74) is 1.06. The molecule has 1 heterocycles. The minimum absolute atomic E-state index is 0.275. The van der Waals surface area contributed by atoms with Gasteiger partial charge in [-0.15, -0.1) is 11.8 Å². The number of hydrogen-bond donors (Lipinski definition) is 0. The maximum absolute atomic E-state index is 4.28. The number of thioether (sulfide) groups is 1. The molecule has 0 radical (unpaired) electrons. The van der Waals surface area contributed by atoms with E-state index in [4.69, 9.17) is 0 Å². The average Bonchev–Trinajstić information content (AvgIpc) is 2.03. The summed E-state index contributed by atoms with van der Waals surface area (Å²) < 4.78 is 0.275. The maximum Gasteiger partial charge on any atom is 0.0713 e. The lowest BCUT2D eigenvalue weighted by Crippen LogP contribution is -2.10. The highest BCUT2D eigenvalue weighted by molar-refractivity contribution is 8.00. The van der Waals surface area contributed by atoms with Crippen LogP contribution >= 0.6 is 11.8 Å². The van der Waals surface area contributed by atoms with Crippen molar-refractivity contribution < 1.29 is 0 Å². The summed E-state index contributed by atoms with van der Waals surface area (Å²) in [5, 5.41) is 0.411. The zero-order valence-corrected chi connectivity index (χ0v) is 9.43. The molecular weight excluding hydrogens is 180 g/mol. The molecule has 0 fully saturated rings. The molecule has 0 amide bonds. The van der Waals surface area contributed by atoms with Crippen molar-refractivity contribution in [2.24, 2.45) is 0 Å². The Bertz CT molecular complexity index is 253. The Labute approximate surface area is 84.2 Å². The van der Waals surface area contributed by atoms with Crippen LogP contribution in [0.15, 0.2) is 18.6 Å². The standard InChI is InChI=1S/C10H16N2S/c1-8(13-10(2,3)4)9-7-11-5-6-12-9/h5-8H,1-4H3. The highest BCUT2D eigenvalue weighted by Crippen LogP contribution is 2.36.